The molecule has 1 unspecified atom stereocenters. The van der Waals surface area contributed by atoms with Crippen molar-refractivity contribution < 1.29 is 14.7 Å². The van der Waals surface area contributed by atoms with Crippen molar-refractivity contribution in [1.29, 1.82) is 0 Å². The minimum atomic E-state index is -0.357. The van der Waals surface area contributed by atoms with E-state index in [9.17, 15) is 14.7 Å². The van der Waals surface area contributed by atoms with E-state index in [1.54, 1.807) is 24.3 Å². The molecule has 0 aromatic heterocycles. The number of carbonyl (C=O) groups is 2. The molecule has 1 saturated heterocycles. The number of fused-ring (bicyclic) bond motifs is 1. The molecule has 1 aromatic carbocycles. The smallest absolute Gasteiger partial charge is 0.262 e. The predicted octanol–water partition coefficient (Wildman–Crippen LogP) is 0.697. The summed E-state index contributed by atoms with van der Waals surface area (Å²) in [5, 5.41) is 9.63. The highest BCUT2D eigenvalue weighted by atomic mass is 16.3. The third kappa shape index (κ3) is 2.15. The molecular formula is C14H16N2O3. The highest BCUT2D eigenvalue weighted by Gasteiger charge is 2.36. The van der Waals surface area contributed by atoms with Crippen LogP contribution in [0.3, 0.4) is 0 Å². The van der Waals surface area contributed by atoms with Gasteiger partial charge < -0.3 is 5.11 Å². The van der Waals surface area contributed by atoms with E-state index in [2.05, 4.69) is 0 Å². The van der Waals surface area contributed by atoms with Gasteiger partial charge in [-0.25, -0.2) is 0 Å². The van der Waals surface area contributed by atoms with Crippen LogP contribution < -0.4 is 0 Å². The Labute approximate surface area is 111 Å². The van der Waals surface area contributed by atoms with Crippen LogP contribution >= 0.6 is 0 Å². The number of aliphatic hydroxyl groups excluding tert-OH is 1. The van der Waals surface area contributed by atoms with Gasteiger partial charge in [-0.2, -0.15) is 0 Å². The first-order valence-corrected chi connectivity index (χ1v) is 6.52. The number of hydrogen-bond acceptors (Lipinski definition) is 4. The van der Waals surface area contributed by atoms with Crippen molar-refractivity contribution >= 4 is 11.8 Å². The van der Waals surface area contributed by atoms with Crippen LogP contribution in [0.5, 0.6) is 0 Å². The topological polar surface area (TPSA) is 60.9 Å². The van der Waals surface area contributed by atoms with E-state index in [1.165, 1.54) is 4.90 Å². The molecule has 1 aromatic rings. The molecule has 19 heavy (non-hydrogen) atoms. The number of rotatable bonds is 2. The van der Waals surface area contributed by atoms with Gasteiger partial charge >= 0.3 is 0 Å². The first-order valence-electron chi connectivity index (χ1n) is 6.52. The van der Waals surface area contributed by atoms with Crippen molar-refractivity contribution in [2.24, 2.45) is 0 Å². The van der Waals surface area contributed by atoms with E-state index in [-0.39, 0.29) is 24.6 Å². The number of carbonyl (C=O) groups excluding carboxylic acids is 2. The summed E-state index contributed by atoms with van der Waals surface area (Å²) in [4.78, 5) is 27.6. The monoisotopic (exact) mass is 260 g/mol. The number of benzene rings is 1. The lowest BCUT2D eigenvalue weighted by Gasteiger charge is -2.32. The zero-order chi connectivity index (χ0) is 13.4. The van der Waals surface area contributed by atoms with E-state index in [0.717, 1.165) is 19.4 Å². The molecule has 1 fully saturated rings. The molecule has 0 saturated carbocycles. The van der Waals surface area contributed by atoms with Gasteiger partial charge in [0.2, 0.25) is 0 Å². The average molecular weight is 260 g/mol. The fraction of sp³-hybridized carbons (Fsp3) is 0.429. The van der Waals surface area contributed by atoms with Crippen LogP contribution in [-0.2, 0) is 0 Å². The fourth-order valence-corrected chi connectivity index (χ4v) is 2.73. The summed E-state index contributed by atoms with van der Waals surface area (Å²) < 4.78 is 0. The van der Waals surface area contributed by atoms with Crippen molar-refractivity contribution in [2.75, 3.05) is 19.8 Å². The van der Waals surface area contributed by atoms with Gasteiger partial charge in [0.25, 0.3) is 11.8 Å². The molecule has 2 heterocycles. The number of nitrogens with zero attached hydrogens (tertiary/aromatic N) is 2. The molecule has 0 radical (unpaired) electrons. The van der Waals surface area contributed by atoms with Crippen molar-refractivity contribution in [3.05, 3.63) is 35.4 Å². The summed E-state index contributed by atoms with van der Waals surface area (Å²) in [5.74, 6) is -0.471. The number of aliphatic hydroxyl groups is 1. The van der Waals surface area contributed by atoms with E-state index < -0.39 is 0 Å². The first kappa shape index (κ1) is 12.3. The molecule has 0 spiro atoms. The Morgan fingerprint density at radius 3 is 2.37 bits per heavy atom. The summed E-state index contributed by atoms with van der Waals surface area (Å²) in [6.07, 6.45) is 1.33. The summed E-state index contributed by atoms with van der Waals surface area (Å²) >= 11 is 0. The lowest BCUT2D eigenvalue weighted by molar-refractivity contribution is 0.0304. The second-order valence-electron chi connectivity index (χ2n) is 5.10. The summed E-state index contributed by atoms with van der Waals surface area (Å²) in [6.45, 7) is 1.60. The highest BCUT2D eigenvalue weighted by Crippen LogP contribution is 2.23. The lowest BCUT2D eigenvalue weighted by Crippen LogP contribution is -2.46. The third-order valence-corrected chi connectivity index (χ3v) is 3.70. The van der Waals surface area contributed by atoms with Crippen LogP contribution in [0, 0.1) is 0 Å². The Bertz CT molecular complexity index is 494. The Balaban J connectivity index is 1.77. The van der Waals surface area contributed by atoms with Gasteiger partial charge in [0.15, 0.2) is 0 Å². The second kappa shape index (κ2) is 4.75. The predicted molar refractivity (Wildman–Crippen MR) is 68.6 cm³/mol. The van der Waals surface area contributed by atoms with Gasteiger partial charge in [-0.1, -0.05) is 12.1 Å². The van der Waals surface area contributed by atoms with Crippen LogP contribution in [0.25, 0.3) is 0 Å². The van der Waals surface area contributed by atoms with Crippen molar-refractivity contribution in [1.82, 2.24) is 9.80 Å². The van der Waals surface area contributed by atoms with Crippen molar-refractivity contribution in [2.45, 2.75) is 18.9 Å². The second-order valence-corrected chi connectivity index (χ2v) is 5.10. The molecule has 1 atom stereocenters. The molecule has 2 aliphatic heterocycles. The largest absolute Gasteiger partial charge is 0.392 e. The maximum Gasteiger partial charge on any atom is 0.262 e. The summed E-state index contributed by atoms with van der Waals surface area (Å²) in [5.41, 5.74) is 0.954. The van der Waals surface area contributed by atoms with Crippen LogP contribution in [-0.4, -0.2) is 52.6 Å². The molecule has 3 rings (SSSR count). The van der Waals surface area contributed by atoms with Gasteiger partial charge in [0.1, 0.15) is 0 Å². The average Bonchev–Trinajstić information content (AvgIpc) is 2.65. The van der Waals surface area contributed by atoms with E-state index in [1.807, 2.05) is 4.90 Å². The molecule has 5 nitrogen and oxygen atoms in total. The van der Waals surface area contributed by atoms with Crippen LogP contribution in [0.2, 0.25) is 0 Å². The molecule has 0 aliphatic carbocycles. The van der Waals surface area contributed by atoms with Gasteiger partial charge in [-0.3, -0.25) is 19.4 Å². The number of β-amino-alcohol motifs (C(OH)–C–C–N with tert-alkyl or cyclic N) is 1. The van der Waals surface area contributed by atoms with Crippen LogP contribution in [0.4, 0.5) is 0 Å². The summed E-state index contributed by atoms with van der Waals surface area (Å²) in [7, 11) is 0. The van der Waals surface area contributed by atoms with Gasteiger partial charge in [0, 0.05) is 13.1 Å². The molecule has 2 aliphatic rings. The summed E-state index contributed by atoms with van der Waals surface area (Å²) in [6, 6.07) is 6.89. The Hall–Kier alpha value is -1.72. The van der Waals surface area contributed by atoms with E-state index >= 15 is 0 Å². The normalized spacial score (nSPS) is 23.8. The van der Waals surface area contributed by atoms with Crippen molar-refractivity contribution in [3.63, 3.8) is 0 Å². The highest BCUT2D eigenvalue weighted by molar-refractivity contribution is 6.21. The van der Waals surface area contributed by atoms with Crippen molar-refractivity contribution in [3.8, 4) is 0 Å². The Morgan fingerprint density at radius 1 is 1.16 bits per heavy atom. The van der Waals surface area contributed by atoms with Gasteiger partial charge in [-0.05, 0) is 25.0 Å². The molecule has 2 amide bonds. The maximum atomic E-state index is 12.2. The zero-order valence-corrected chi connectivity index (χ0v) is 10.6. The van der Waals surface area contributed by atoms with Gasteiger partial charge in [-0.15, -0.1) is 0 Å². The van der Waals surface area contributed by atoms with E-state index in [0.29, 0.717) is 17.7 Å². The van der Waals surface area contributed by atoms with E-state index in [4.69, 9.17) is 0 Å². The number of piperidine rings is 1. The Kier molecular flexibility index (Phi) is 3.08. The van der Waals surface area contributed by atoms with Crippen LogP contribution in [0.1, 0.15) is 33.6 Å². The number of amides is 2. The maximum absolute atomic E-state index is 12.2. The SMILES string of the molecule is O=C1c2ccccc2C(=O)N1CN1CCCC(O)C1. The molecular weight excluding hydrogens is 244 g/mol. The number of hydrogen-bond donors (Lipinski definition) is 1. The minimum Gasteiger partial charge on any atom is -0.392 e. The lowest BCUT2D eigenvalue weighted by atomic mass is 10.1. The minimum absolute atomic E-state index is 0.235. The number of imide groups is 1. The Morgan fingerprint density at radius 2 is 1.79 bits per heavy atom. The first-order chi connectivity index (χ1) is 9.16. The molecule has 100 valence electrons. The standard InChI is InChI=1S/C14H16N2O3/c17-10-4-3-7-15(8-10)9-16-13(18)11-5-1-2-6-12(11)14(16)19/h1-2,5-6,10,17H,3-4,7-9H2. The quantitative estimate of drug-likeness (QED) is 0.795. The molecule has 1 N–H and O–H groups in total. The third-order valence-electron chi connectivity index (χ3n) is 3.70. The fourth-order valence-electron chi connectivity index (χ4n) is 2.73. The zero-order valence-electron chi connectivity index (χ0n) is 10.6. The van der Waals surface area contributed by atoms with Crippen LogP contribution in [0.15, 0.2) is 24.3 Å². The number of likely N-dealkylation sites (tertiary alicyclic amines) is 1. The van der Waals surface area contributed by atoms with Gasteiger partial charge in [0.05, 0.1) is 23.9 Å². The molecule has 5 heteroatoms. The molecule has 0 bridgehead atoms.